The van der Waals surface area contributed by atoms with Gasteiger partial charge in [-0.05, 0) is 11.6 Å². The van der Waals surface area contributed by atoms with E-state index in [1.807, 2.05) is 36.4 Å². The van der Waals surface area contributed by atoms with Gasteiger partial charge in [-0.15, -0.1) is 23.5 Å². The number of benzene rings is 1. The van der Waals surface area contributed by atoms with Gasteiger partial charge in [0.15, 0.2) is 0 Å². The minimum absolute atomic E-state index is 0.236. The molecule has 0 amide bonds. The van der Waals surface area contributed by atoms with Crippen molar-refractivity contribution >= 4 is 45.4 Å². The van der Waals surface area contributed by atoms with Crippen molar-refractivity contribution in [3.05, 3.63) is 56.3 Å². The van der Waals surface area contributed by atoms with Crippen molar-refractivity contribution in [2.45, 2.75) is 6.10 Å². The average molecular weight is 355 g/mol. The first-order chi connectivity index (χ1) is 9.25. The van der Waals surface area contributed by atoms with Crippen LogP contribution in [0.5, 0.6) is 0 Å². The van der Waals surface area contributed by atoms with Gasteiger partial charge in [-0.2, -0.15) is 0 Å². The molecule has 0 aliphatic carbocycles. The lowest BCUT2D eigenvalue weighted by Crippen LogP contribution is -2.18. The highest BCUT2D eigenvalue weighted by atomic mass is 79.9. The highest BCUT2D eigenvalue weighted by Crippen LogP contribution is 2.44. The molecule has 3 rings (SSSR count). The zero-order valence-corrected chi connectivity index (χ0v) is 13.2. The number of thioether (sulfide) groups is 2. The van der Waals surface area contributed by atoms with Crippen LogP contribution in [0.4, 0.5) is 0 Å². The number of carbonyl (C=O) groups excluding carboxylic acids is 1. The third kappa shape index (κ3) is 2.78. The van der Waals surface area contributed by atoms with Crippen LogP contribution in [0.1, 0.15) is 11.7 Å². The van der Waals surface area contributed by atoms with Crippen LogP contribution in [0.2, 0.25) is 0 Å². The summed E-state index contributed by atoms with van der Waals surface area (Å²) in [6, 6.07) is 9.77. The van der Waals surface area contributed by atoms with Gasteiger partial charge in [0.25, 0.3) is 0 Å². The molecule has 2 aliphatic rings. The second kappa shape index (κ2) is 5.77. The van der Waals surface area contributed by atoms with Gasteiger partial charge in [0.05, 0.1) is 9.81 Å². The molecule has 2 heterocycles. The summed E-state index contributed by atoms with van der Waals surface area (Å²) < 4.78 is 7.45. The Morgan fingerprint density at radius 3 is 2.47 bits per heavy atom. The van der Waals surface area contributed by atoms with E-state index in [9.17, 15) is 4.79 Å². The van der Waals surface area contributed by atoms with Gasteiger partial charge in [-0.1, -0.05) is 46.3 Å². The second-order valence-corrected chi connectivity index (χ2v) is 7.43. The first kappa shape index (κ1) is 13.3. The highest BCUT2D eigenvalue weighted by molar-refractivity contribution is 9.12. The normalized spacial score (nSPS) is 23.3. The summed E-state index contributed by atoms with van der Waals surface area (Å²) >= 11 is 6.97. The lowest BCUT2D eigenvalue weighted by molar-refractivity contribution is -0.142. The molecule has 0 spiro atoms. The Hall–Kier alpha value is -0.650. The van der Waals surface area contributed by atoms with E-state index in [-0.39, 0.29) is 12.1 Å². The third-order valence-electron chi connectivity index (χ3n) is 2.86. The number of esters is 1. The fourth-order valence-corrected chi connectivity index (χ4v) is 5.37. The topological polar surface area (TPSA) is 26.3 Å². The Morgan fingerprint density at radius 2 is 1.84 bits per heavy atom. The molecule has 1 unspecified atom stereocenters. The van der Waals surface area contributed by atoms with Gasteiger partial charge in [-0.3, -0.25) is 0 Å². The van der Waals surface area contributed by atoms with Crippen molar-refractivity contribution in [2.24, 2.45) is 0 Å². The number of hydrogen-bond acceptors (Lipinski definition) is 4. The van der Waals surface area contributed by atoms with Crippen LogP contribution in [-0.4, -0.2) is 17.5 Å². The Kier molecular flexibility index (Phi) is 4.05. The van der Waals surface area contributed by atoms with E-state index in [4.69, 9.17) is 4.74 Å². The molecule has 1 atom stereocenters. The van der Waals surface area contributed by atoms with Crippen molar-refractivity contribution < 1.29 is 9.53 Å². The van der Waals surface area contributed by atoms with Crippen molar-refractivity contribution in [1.82, 2.24) is 0 Å². The Morgan fingerprint density at radius 1 is 1.16 bits per heavy atom. The summed E-state index contributed by atoms with van der Waals surface area (Å²) in [6.45, 7) is 0. The second-order valence-electron chi connectivity index (χ2n) is 4.11. The molecule has 0 bridgehead atoms. The van der Waals surface area contributed by atoms with E-state index in [0.29, 0.717) is 5.57 Å². The van der Waals surface area contributed by atoms with Crippen molar-refractivity contribution in [1.29, 1.82) is 0 Å². The van der Waals surface area contributed by atoms with Gasteiger partial charge >= 0.3 is 5.97 Å². The van der Waals surface area contributed by atoms with E-state index in [1.165, 1.54) is 0 Å². The smallest absolute Gasteiger partial charge is 0.341 e. The first-order valence-corrected chi connectivity index (χ1v) is 8.65. The van der Waals surface area contributed by atoms with Gasteiger partial charge in [0, 0.05) is 16.0 Å². The standard InChI is InChI=1S/C14H11BrO2S2/c15-10-8-11(9-4-2-1-3-5-9)17-13(16)12(10)14-18-6-7-19-14/h1-5,8,11H,6-7H2. The minimum atomic E-state index is -0.302. The van der Waals surface area contributed by atoms with E-state index >= 15 is 0 Å². The van der Waals surface area contributed by atoms with Crippen LogP contribution < -0.4 is 0 Å². The summed E-state index contributed by atoms with van der Waals surface area (Å²) in [5.74, 6) is 1.87. The summed E-state index contributed by atoms with van der Waals surface area (Å²) in [6.07, 6.45) is 1.65. The Bertz CT molecular complexity index is 558. The summed E-state index contributed by atoms with van der Waals surface area (Å²) in [4.78, 5) is 12.2. The number of cyclic esters (lactones) is 1. The number of rotatable bonds is 1. The van der Waals surface area contributed by atoms with Crippen LogP contribution >= 0.6 is 39.5 Å². The third-order valence-corrected chi connectivity index (χ3v) is 6.23. The van der Waals surface area contributed by atoms with Gasteiger partial charge in [-0.25, -0.2) is 4.79 Å². The SMILES string of the molecule is O=C1OC(c2ccccc2)C=C(Br)C1=C1SCCS1. The van der Waals surface area contributed by atoms with E-state index in [0.717, 1.165) is 25.8 Å². The Balaban J connectivity index is 1.95. The van der Waals surface area contributed by atoms with Crippen LogP contribution in [0, 0.1) is 0 Å². The molecule has 2 nitrogen and oxygen atoms in total. The quantitative estimate of drug-likeness (QED) is 0.556. The molecular formula is C14H11BrO2S2. The average Bonchev–Trinajstić information content (AvgIpc) is 2.93. The molecule has 0 radical (unpaired) electrons. The number of ether oxygens (including phenoxy) is 1. The van der Waals surface area contributed by atoms with Gasteiger partial charge in [0.1, 0.15) is 6.10 Å². The molecule has 5 heteroatoms. The molecule has 98 valence electrons. The van der Waals surface area contributed by atoms with Crippen LogP contribution in [0.25, 0.3) is 0 Å². The molecule has 2 aliphatic heterocycles. The molecule has 1 fully saturated rings. The van der Waals surface area contributed by atoms with Crippen LogP contribution in [-0.2, 0) is 9.53 Å². The molecule has 0 aromatic heterocycles. The summed E-state index contributed by atoms with van der Waals surface area (Å²) in [5, 5.41) is 0. The molecule has 19 heavy (non-hydrogen) atoms. The molecule has 1 aromatic rings. The fourth-order valence-electron chi connectivity index (χ4n) is 1.96. The number of halogens is 1. The van der Waals surface area contributed by atoms with Crippen molar-refractivity contribution in [3.8, 4) is 0 Å². The van der Waals surface area contributed by atoms with Crippen LogP contribution in [0.15, 0.2) is 50.7 Å². The molecule has 0 N–H and O–H groups in total. The first-order valence-electron chi connectivity index (χ1n) is 5.89. The zero-order chi connectivity index (χ0) is 13.2. The predicted octanol–water partition coefficient (Wildman–Crippen LogP) is 4.25. The minimum Gasteiger partial charge on any atom is -0.449 e. The maximum atomic E-state index is 12.2. The van der Waals surface area contributed by atoms with Gasteiger partial charge in [0.2, 0.25) is 0 Å². The summed E-state index contributed by atoms with van der Waals surface area (Å²) in [5.41, 5.74) is 1.67. The maximum absolute atomic E-state index is 12.2. The summed E-state index contributed by atoms with van der Waals surface area (Å²) in [7, 11) is 0. The number of hydrogen-bond donors (Lipinski definition) is 0. The van der Waals surface area contributed by atoms with E-state index in [2.05, 4.69) is 15.9 Å². The monoisotopic (exact) mass is 354 g/mol. The molecule has 1 saturated heterocycles. The maximum Gasteiger partial charge on any atom is 0.341 e. The van der Waals surface area contributed by atoms with E-state index in [1.54, 1.807) is 23.5 Å². The van der Waals surface area contributed by atoms with Crippen molar-refractivity contribution in [2.75, 3.05) is 11.5 Å². The van der Waals surface area contributed by atoms with E-state index < -0.39 is 0 Å². The van der Waals surface area contributed by atoms with Crippen molar-refractivity contribution in [3.63, 3.8) is 0 Å². The predicted molar refractivity (Wildman–Crippen MR) is 84.2 cm³/mol. The lowest BCUT2D eigenvalue weighted by atomic mass is 10.1. The van der Waals surface area contributed by atoms with Gasteiger partial charge < -0.3 is 4.74 Å². The molecule has 1 aromatic carbocycles. The zero-order valence-electron chi connectivity index (χ0n) is 9.97. The largest absolute Gasteiger partial charge is 0.449 e. The fraction of sp³-hybridized carbons (Fsp3) is 0.214. The van der Waals surface area contributed by atoms with Crippen LogP contribution in [0.3, 0.4) is 0 Å². The lowest BCUT2D eigenvalue weighted by Gasteiger charge is -2.22. The molecule has 0 saturated carbocycles. The Labute approximate surface area is 128 Å². The number of carbonyl (C=O) groups is 1. The highest BCUT2D eigenvalue weighted by Gasteiger charge is 2.30. The molecular weight excluding hydrogens is 344 g/mol.